The molecular formula is C15H15N5O. The van der Waals surface area contributed by atoms with Crippen LogP contribution in [0.5, 0.6) is 0 Å². The number of carbonyl (C=O) groups excluding carboxylic acids is 1. The summed E-state index contributed by atoms with van der Waals surface area (Å²) < 4.78 is 0. The maximum atomic E-state index is 11.0. The number of aromatic nitrogens is 2. The van der Waals surface area contributed by atoms with Crippen LogP contribution in [-0.4, -0.2) is 34.0 Å². The van der Waals surface area contributed by atoms with E-state index in [9.17, 15) is 4.79 Å². The molecule has 3 rings (SSSR count). The Morgan fingerprint density at radius 3 is 3.19 bits per heavy atom. The van der Waals surface area contributed by atoms with E-state index in [4.69, 9.17) is 5.73 Å². The van der Waals surface area contributed by atoms with Crippen LogP contribution in [-0.2, 0) is 4.79 Å². The van der Waals surface area contributed by atoms with Crippen LogP contribution in [0.25, 0.3) is 17.0 Å². The molecule has 0 saturated heterocycles. The number of nitrogens with two attached hydrogens (primary N) is 1. The van der Waals surface area contributed by atoms with Gasteiger partial charge in [0.05, 0.1) is 12.1 Å². The quantitative estimate of drug-likeness (QED) is 0.867. The zero-order chi connectivity index (χ0) is 14.7. The van der Waals surface area contributed by atoms with Crippen LogP contribution in [0.15, 0.2) is 48.6 Å². The molecule has 2 heterocycles. The lowest BCUT2D eigenvalue weighted by Crippen LogP contribution is -2.29. The predicted octanol–water partition coefficient (Wildman–Crippen LogP) is 0.832. The highest BCUT2D eigenvalue weighted by Gasteiger charge is 2.14. The van der Waals surface area contributed by atoms with Crippen molar-refractivity contribution in [3.63, 3.8) is 0 Å². The maximum absolute atomic E-state index is 11.0. The van der Waals surface area contributed by atoms with Crippen LogP contribution >= 0.6 is 0 Å². The molecule has 6 heteroatoms. The molecule has 1 aliphatic heterocycles. The van der Waals surface area contributed by atoms with Crippen molar-refractivity contribution in [2.45, 2.75) is 0 Å². The number of amides is 1. The Morgan fingerprint density at radius 2 is 2.38 bits per heavy atom. The Bertz CT molecular complexity index is 738. The van der Waals surface area contributed by atoms with E-state index in [1.165, 1.54) is 0 Å². The van der Waals surface area contributed by atoms with Gasteiger partial charge in [-0.3, -0.25) is 4.79 Å². The molecule has 0 radical (unpaired) electrons. The molecule has 0 saturated carbocycles. The molecular weight excluding hydrogens is 266 g/mol. The predicted molar refractivity (Wildman–Crippen MR) is 80.6 cm³/mol. The zero-order valence-electron chi connectivity index (χ0n) is 11.4. The average Bonchev–Trinajstić information content (AvgIpc) is 2.96. The minimum Gasteiger partial charge on any atom is -0.366 e. The second kappa shape index (κ2) is 5.72. The molecule has 0 aliphatic carbocycles. The van der Waals surface area contributed by atoms with Gasteiger partial charge in [0.25, 0.3) is 0 Å². The molecule has 2 aromatic rings. The van der Waals surface area contributed by atoms with Crippen molar-refractivity contribution >= 4 is 22.9 Å². The fraction of sp³-hybridized carbons (Fsp3) is 0.133. The smallest absolute Gasteiger partial charge is 0.247 e. The number of hydrogen-bond donors (Lipinski definition) is 2. The topological polar surface area (TPSA) is 84.1 Å². The van der Waals surface area contributed by atoms with Crippen molar-refractivity contribution in [3.05, 3.63) is 54.1 Å². The Hall–Kier alpha value is -2.73. The minimum absolute atomic E-state index is 0.386. The van der Waals surface area contributed by atoms with Crippen molar-refractivity contribution in [2.24, 2.45) is 5.73 Å². The lowest BCUT2D eigenvalue weighted by atomic mass is 10.1. The van der Waals surface area contributed by atoms with Gasteiger partial charge in [0, 0.05) is 29.9 Å². The van der Waals surface area contributed by atoms with Crippen molar-refractivity contribution in [2.75, 3.05) is 13.1 Å². The normalized spacial score (nSPS) is 14.9. The van der Waals surface area contributed by atoms with Gasteiger partial charge >= 0.3 is 0 Å². The number of carbonyl (C=O) groups is 1. The monoisotopic (exact) mass is 281 g/mol. The third-order valence-electron chi connectivity index (χ3n) is 3.24. The molecule has 21 heavy (non-hydrogen) atoms. The van der Waals surface area contributed by atoms with Gasteiger partial charge in [-0.2, -0.15) is 0 Å². The van der Waals surface area contributed by atoms with Gasteiger partial charge in [-0.05, 0) is 17.7 Å². The summed E-state index contributed by atoms with van der Waals surface area (Å²) in [6.07, 6.45) is 9.10. The number of fused-ring (bicyclic) bond motifs is 1. The fourth-order valence-corrected chi connectivity index (χ4v) is 2.14. The van der Waals surface area contributed by atoms with Crippen LogP contribution in [0.3, 0.4) is 0 Å². The lowest BCUT2D eigenvalue weighted by molar-refractivity contribution is -0.114. The summed E-state index contributed by atoms with van der Waals surface area (Å²) >= 11 is 0. The van der Waals surface area contributed by atoms with E-state index in [-0.39, 0.29) is 5.91 Å². The van der Waals surface area contributed by atoms with Crippen LogP contribution in [0.1, 0.15) is 5.56 Å². The Kier molecular flexibility index (Phi) is 3.61. The molecule has 0 bridgehead atoms. The first-order valence-corrected chi connectivity index (χ1v) is 6.59. The average molecular weight is 281 g/mol. The Balaban J connectivity index is 1.67. The highest BCUT2D eigenvalue weighted by Crippen LogP contribution is 2.13. The first-order valence-electron chi connectivity index (χ1n) is 6.59. The van der Waals surface area contributed by atoms with E-state index < -0.39 is 0 Å². The second-order valence-corrected chi connectivity index (χ2v) is 4.75. The molecule has 6 nitrogen and oxygen atoms in total. The van der Waals surface area contributed by atoms with Crippen LogP contribution < -0.4 is 11.2 Å². The van der Waals surface area contributed by atoms with E-state index >= 15 is 0 Å². The van der Waals surface area contributed by atoms with E-state index in [1.807, 2.05) is 35.4 Å². The third kappa shape index (κ3) is 3.06. The number of nitrogens with zero attached hydrogens (tertiary/aromatic N) is 3. The molecule has 0 fully saturated rings. The van der Waals surface area contributed by atoms with Gasteiger partial charge in [0.15, 0.2) is 0 Å². The highest BCUT2D eigenvalue weighted by molar-refractivity contribution is 5.92. The van der Waals surface area contributed by atoms with Crippen LogP contribution in [0.4, 0.5) is 0 Å². The fourth-order valence-electron chi connectivity index (χ4n) is 2.14. The molecule has 106 valence electrons. The second-order valence-electron chi connectivity index (χ2n) is 4.75. The Morgan fingerprint density at radius 1 is 1.48 bits per heavy atom. The third-order valence-corrected chi connectivity index (χ3v) is 3.24. The summed E-state index contributed by atoms with van der Waals surface area (Å²) in [5, 5.41) is 2.84. The molecule has 1 aliphatic rings. The van der Waals surface area contributed by atoms with Crippen molar-refractivity contribution in [3.8, 4) is 0 Å². The van der Waals surface area contributed by atoms with Gasteiger partial charge in [-0.1, -0.05) is 18.2 Å². The lowest BCUT2D eigenvalue weighted by Gasteiger charge is -2.12. The van der Waals surface area contributed by atoms with Gasteiger partial charge < -0.3 is 10.7 Å². The summed E-state index contributed by atoms with van der Waals surface area (Å²) in [7, 11) is 0. The first kappa shape index (κ1) is 13.3. The molecule has 1 aromatic heterocycles. The zero-order valence-corrected chi connectivity index (χ0v) is 11.4. The summed E-state index contributed by atoms with van der Waals surface area (Å²) in [6.45, 7) is 1.14. The highest BCUT2D eigenvalue weighted by atomic mass is 16.1. The minimum atomic E-state index is -0.386. The SMILES string of the molecule is NC(=O)C1=CN(CC=Cc2ccc3ncncc3c2)NC1. The van der Waals surface area contributed by atoms with Gasteiger partial charge in [0.2, 0.25) is 5.91 Å². The Labute approximate surface area is 122 Å². The number of benzene rings is 1. The van der Waals surface area contributed by atoms with Crippen LogP contribution in [0, 0.1) is 0 Å². The van der Waals surface area contributed by atoms with Gasteiger partial charge in [-0.25, -0.2) is 15.4 Å². The summed E-state index contributed by atoms with van der Waals surface area (Å²) in [4.78, 5) is 19.2. The van der Waals surface area contributed by atoms with E-state index in [1.54, 1.807) is 18.7 Å². The molecule has 1 aromatic carbocycles. The number of nitrogens with one attached hydrogen (secondary N) is 1. The number of primary amides is 1. The van der Waals surface area contributed by atoms with Gasteiger partial charge in [0.1, 0.15) is 6.33 Å². The van der Waals surface area contributed by atoms with E-state index in [2.05, 4.69) is 15.4 Å². The van der Waals surface area contributed by atoms with Crippen molar-refractivity contribution in [1.29, 1.82) is 0 Å². The number of hydrazine groups is 1. The maximum Gasteiger partial charge on any atom is 0.247 e. The number of rotatable bonds is 4. The molecule has 0 atom stereocenters. The molecule has 3 N–H and O–H groups in total. The van der Waals surface area contributed by atoms with E-state index in [0.29, 0.717) is 18.7 Å². The molecule has 0 unspecified atom stereocenters. The van der Waals surface area contributed by atoms with Gasteiger partial charge in [-0.15, -0.1) is 0 Å². The van der Waals surface area contributed by atoms with E-state index in [0.717, 1.165) is 16.5 Å². The molecule has 1 amide bonds. The molecule has 0 spiro atoms. The summed E-state index contributed by atoms with van der Waals surface area (Å²) in [5.41, 5.74) is 10.9. The first-order chi connectivity index (χ1) is 10.2. The summed E-state index contributed by atoms with van der Waals surface area (Å²) in [5.74, 6) is -0.386. The largest absolute Gasteiger partial charge is 0.366 e. The summed E-state index contributed by atoms with van der Waals surface area (Å²) in [6, 6.07) is 6.01. The number of hydrogen-bond acceptors (Lipinski definition) is 5. The standard InChI is InChI=1S/C15H15N5O/c16-15(21)13-8-19-20(9-13)5-1-2-11-3-4-14-12(6-11)7-17-10-18-14/h1-4,6-7,9-10,19H,5,8H2,(H2,16,21). The van der Waals surface area contributed by atoms with Crippen molar-refractivity contribution in [1.82, 2.24) is 20.4 Å². The van der Waals surface area contributed by atoms with Crippen molar-refractivity contribution < 1.29 is 4.79 Å². The van der Waals surface area contributed by atoms with Crippen LogP contribution in [0.2, 0.25) is 0 Å².